The van der Waals surface area contributed by atoms with Crippen molar-refractivity contribution in [2.24, 2.45) is 0 Å². The third-order valence-corrected chi connectivity index (χ3v) is 6.01. The first-order valence-electron chi connectivity index (χ1n) is 11.7. The topological polar surface area (TPSA) is 137 Å². The van der Waals surface area contributed by atoms with E-state index < -0.39 is 59.3 Å². The van der Waals surface area contributed by atoms with Crippen molar-refractivity contribution in [3.8, 4) is 5.75 Å². The number of hydrogen-bond acceptors (Lipinski definition) is 8. The minimum atomic E-state index is -0.934. The highest BCUT2D eigenvalue weighted by molar-refractivity contribution is 5.99. The average molecular weight is 536 g/mol. The Morgan fingerprint density at radius 3 is 2.74 bits per heavy atom. The number of amides is 3. The molecule has 0 aliphatic carbocycles. The first-order chi connectivity index (χ1) is 18.2. The Morgan fingerprint density at radius 1 is 1.21 bits per heavy atom. The summed E-state index contributed by atoms with van der Waals surface area (Å²) in [5.41, 5.74) is -1.46. The van der Waals surface area contributed by atoms with Gasteiger partial charge in [0, 0.05) is 38.0 Å². The van der Waals surface area contributed by atoms with Crippen molar-refractivity contribution in [1.82, 2.24) is 20.1 Å². The van der Waals surface area contributed by atoms with Crippen LogP contribution in [0.25, 0.3) is 0 Å². The van der Waals surface area contributed by atoms with Gasteiger partial charge in [0.25, 0.3) is 11.8 Å². The van der Waals surface area contributed by atoms with E-state index in [0.717, 1.165) is 6.07 Å². The van der Waals surface area contributed by atoms with Gasteiger partial charge in [-0.25, -0.2) is 13.6 Å². The number of halogens is 2. The van der Waals surface area contributed by atoms with E-state index in [-0.39, 0.29) is 50.1 Å². The minimum Gasteiger partial charge on any atom is -0.451 e. The molecule has 3 heterocycles. The largest absolute Gasteiger partial charge is 0.451 e. The number of pyridine rings is 1. The van der Waals surface area contributed by atoms with Crippen LogP contribution in [0.1, 0.15) is 33.3 Å². The van der Waals surface area contributed by atoms with E-state index in [1.807, 2.05) is 0 Å². The van der Waals surface area contributed by atoms with E-state index in [0.29, 0.717) is 6.07 Å². The summed E-state index contributed by atoms with van der Waals surface area (Å²) in [5, 5.41) is 4.82. The lowest BCUT2D eigenvalue weighted by molar-refractivity contribution is 0.00498. The summed E-state index contributed by atoms with van der Waals surface area (Å²) < 4.78 is 49.4. The average Bonchev–Trinajstić information content (AvgIpc) is 3.25. The van der Waals surface area contributed by atoms with E-state index >= 15 is 0 Å². The maximum Gasteiger partial charge on any atom is 0.410 e. The molecule has 38 heavy (non-hydrogen) atoms. The predicted molar refractivity (Wildman–Crippen MR) is 125 cm³/mol. The van der Waals surface area contributed by atoms with E-state index in [4.69, 9.17) is 18.9 Å². The standard InChI is InChI=1S/C24H26F2N4O8/c1-13-11-36-18-10-29-9-16(22(32)28-8-14-3-4-15(25)7-17(14)26)20(31)21(19(29)23(33)30(13)18)37-12-38-24(34)27-5-6-35-2/h3-4,7,9,13,18H,5-6,8,10-12H2,1-2H3,(H,27,34)(H,28,32). The van der Waals surface area contributed by atoms with Crippen molar-refractivity contribution in [2.75, 3.05) is 33.7 Å². The van der Waals surface area contributed by atoms with E-state index in [9.17, 15) is 28.0 Å². The molecule has 0 bridgehead atoms. The maximum atomic E-state index is 14.0. The fourth-order valence-electron chi connectivity index (χ4n) is 4.14. The molecule has 2 aliphatic heterocycles. The van der Waals surface area contributed by atoms with Gasteiger partial charge in [0.15, 0.2) is 11.9 Å². The molecule has 2 N–H and O–H groups in total. The lowest BCUT2D eigenvalue weighted by Gasteiger charge is -2.34. The van der Waals surface area contributed by atoms with Crippen molar-refractivity contribution in [3.63, 3.8) is 0 Å². The zero-order valence-corrected chi connectivity index (χ0v) is 20.6. The molecule has 1 aromatic carbocycles. The summed E-state index contributed by atoms with van der Waals surface area (Å²) in [5.74, 6) is -3.56. The molecule has 14 heteroatoms. The first-order valence-corrected chi connectivity index (χ1v) is 11.7. The fourth-order valence-corrected chi connectivity index (χ4v) is 4.14. The van der Waals surface area contributed by atoms with Crippen LogP contribution < -0.4 is 20.8 Å². The van der Waals surface area contributed by atoms with Crippen LogP contribution in [-0.4, -0.2) is 73.3 Å². The Kier molecular flexibility index (Phi) is 8.22. The molecule has 1 fully saturated rings. The smallest absolute Gasteiger partial charge is 0.410 e. The van der Waals surface area contributed by atoms with Crippen LogP contribution in [0.5, 0.6) is 5.75 Å². The summed E-state index contributed by atoms with van der Waals surface area (Å²) in [6, 6.07) is 2.61. The molecule has 2 atom stereocenters. The second-order valence-electron chi connectivity index (χ2n) is 8.58. The molecule has 3 amide bonds. The number of rotatable bonds is 9. The van der Waals surface area contributed by atoms with Crippen LogP contribution in [0, 0.1) is 11.6 Å². The molecule has 204 valence electrons. The highest BCUT2D eigenvalue weighted by Crippen LogP contribution is 2.30. The third-order valence-electron chi connectivity index (χ3n) is 6.01. The van der Waals surface area contributed by atoms with Crippen molar-refractivity contribution in [2.45, 2.75) is 32.3 Å². The zero-order chi connectivity index (χ0) is 27.4. The van der Waals surface area contributed by atoms with Crippen molar-refractivity contribution < 1.29 is 42.1 Å². The second kappa shape index (κ2) is 11.6. The van der Waals surface area contributed by atoms with Crippen LogP contribution in [-0.2, 0) is 27.3 Å². The van der Waals surface area contributed by atoms with Crippen molar-refractivity contribution in [1.29, 1.82) is 0 Å². The van der Waals surface area contributed by atoms with Gasteiger partial charge in [0.05, 0.1) is 25.8 Å². The number of alkyl carbamates (subject to hydrolysis) is 1. The van der Waals surface area contributed by atoms with Crippen LogP contribution in [0.4, 0.5) is 13.6 Å². The SMILES string of the molecule is COCCNC(=O)OCOc1c2n(cc(C(=O)NCc3ccc(F)cc3F)c1=O)CC1OCC(C)N1C2=O. The van der Waals surface area contributed by atoms with E-state index in [1.165, 1.54) is 28.8 Å². The highest BCUT2D eigenvalue weighted by Gasteiger charge is 2.43. The van der Waals surface area contributed by atoms with Crippen LogP contribution in [0.3, 0.4) is 0 Å². The summed E-state index contributed by atoms with van der Waals surface area (Å²) in [4.78, 5) is 52.8. The van der Waals surface area contributed by atoms with E-state index in [2.05, 4.69) is 10.6 Å². The lowest BCUT2D eigenvalue weighted by atomic mass is 10.1. The number of methoxy groups -OCH3 is 1. The normalized spacial score (nSPS) is 18.0. The van der Waals surface area contributed by atoms with Gasteiger partial charge in [-0.15, -0.1) is 0 Å². The van der Waals surface area contributed by atoms with Crippen molar-refractivity contribution in [3.05, 3.63) is 63.1 Å². The third kappa shape index (κ3) is 5.60. The predicted octanol–water partition coefficient (Wildman–Crippen LogP) is 0.966. The second-order valence-corrected chi connectivity index (χ2v) is 8.58. The van der Waals surface area contributed by atoms with Crippen molar-refractivity contribution >= 4 is 17.9 Å². The monoisotopic (exact) mass is 536 g/mol. The van der Waals surface area contributed by atoms with Gasteiger partial charge in [-0.3, -0.25) is 14.4 Å². The quantitative estimate of drug-likeness (QED) is 0.357. The van der Waals surface area contributed by atoms with Gasteiger partial charge in [-0.2, -0.15) is 0 Å². The molecule has 0 radical (unpaired) electrons. The van der Waals surface area contributed by atoms with E-state index in [1.54, 1.807) is 6.92 Å². The molecule has 2 unspecified atom stereocenters. The van der Waals surface area contributed by atoms with Gasteiger partial charge in [0.2, 0.25) is 18.0 Å². The molecule has 1 aromatic heterocycles. The molecule has 0 spiro atoms. The molecule has 2 aromatic rings. The molecule has 1 saturated heterocycles. The van der Waals surface area contributed by atoms with Gasteiger partial charge < -0.3 is 39.0 Å². The number of carbonyl (C=O) groups is 3. The Balaban J connectivity index is 1.60. The van der Waals surface area contributed by atoms with Gasteiger partial charge in [-0.1, -0.05) is 6.07 Å². The number of fused-ring (bicyclic) bond motifs is 2. The Bertz CT molecular complexity index is 1300. The highest BCUT2D eigenvalue weighted by atomic mass is 19.1. The number of ether oxygens (including phenoxy) is 4. The lowest BCUT2D eigenvalue weighted by Crippen LogP contribution is -2.49. The number of benzene rings is 1. The van der Waals surface area contributed by atoms with Gasteiger partial charge in [0.1, 0.15) is 17.2 Å². The fraction of sp³-hybridized carbons (Fsp3) is 0.417. The number of aromatic nitrogens is 1. The first kappa shape index (κ1) is 27.0. The Labute approximate surface area is 215 Å². The number of carbonyl (C=O) groups excluding carboxylic acids is 3. The maximum absolute atomic E-state index is 14.0. The summed E-state index contributed by atoms with van der Waals surface area (Å²) in [7, 11) is 1.46. The summed E-state index contributed by atoms with van der Waals surface area (Å²) >= 11 is 0. The summed E-state index contributed by atoms with van der Waals surface area (Å²) in [6.45, 7) is 1.54. The Morgan fingerprint density at radius 2 is 2.00 bits per heavy atom. The minimum absolute atomic E-state index is 0.00123. The number of nitrogens with one attached hydrogen (secondary N) is 2. The molecular formula is C24H26F2N4O8. The molecule has 0 saturated carbocycles. The van der Waals surface area contributed by atoms with Crippen LogP contribution in [0.2, 0.25) is 0 Å². The zero-order valence-electron chi connectivity index (χ0n) is 20.6. The van der Waals surface area contributed by atoms with Gasteiger partial charge in [-0.05, 0) is 13.0 Å². The molecule has 4 rings (SSSR count). The molecular weight excluding hydrogens is 510 g/mol. The number of hydrogen-bond donors (Lipinski definition) is 2. The summed E-state index contributed by atoms with van der Waals surface area (Å²) in [6.07, 6.45) is -0.271. The Hall–Kier alpha value is -4.04. The number of nitrogens with zero attached hydrogens (tertiary/aromatic N) is 2. The molecule has 2 aliphatic rings. The van der Waals surface area contributed by atoms with Gasteiger partial charge >= 0.3 is 6.09 Å². The molecule has 12 nitrogen and oxygen atoms in total. The van der Waals surface area contributed by atoms with Crippen LogP contribution >= 0.6 is 0 Å². The van der Waals surface area contributed by atoms with Crippen LogP contribution in [0.15, 0.2) is 29.2 Å².